The van der Waals surface area contributed by atoms with E-state index in [4.69, 9.17) is 4.74 Å². The molecule has 4 heterocycles. The molecule has 2 aromatic heterocycles. The van der Waals surface area contributed by atoms with Gasteiger partial charge in [-0.25, -0.2) is 4.98 Å². The van der Waals surface area contributed by atoms with Crippen molar-refractivity contribution in [2.24, 2.45) is 7.05 Å². The third-order valence-electron chi connectivity index (χ3n) is 4.40. The molecule has 0 saturated carbocycles. The SMILES string of the molecule is Cn1cc(N2CCN(Cc3cnc4n3CCOC4)CC2=O)cn1. The number of hydrogen-bond donors (Lipinski definition) is 0. The van der Waals surface area contributed by atoms with Gasteiger partial charge in [0.2, 0.25) is 5.91 Å². The summed E-state index contributed by atoms with van der Waals surface area (Å²) in [5, 5.41) is 4.14. The van der Waals surface area contributed by atoms with Gasteiger partial charge in [-0.05, 0) is 0 Å². The Labute approximate surface area is 134 Å². The fourth-order valence-corrected chi connectivity index (χ4v) is 3.19. The van der Waals surface area contributed by atoms with Gasteiger partial charge >= 0.3 is 0 Å². The number of ether oxygens (including phenoxy) is 1. The highest BCUT2D eigenvalue weighted by molar-refractivity contribution is 5.95. The molecule has 4 rings (SSSR count). The van der Waals surface area contributed by atoms with Gasteiger partial charge in [0.25, 0.3) is 0 Å². The molecule has 0 spiro atoms. The summed E-state index contributed by atoms with van der Waals surface area (Å²) in [5.41, 5.74) is 2.03. The first-order chi connectivity index (χ1) is 11.2. The summed E-state index contributed by atoms with van der Waals surface area (Å²) in [6, 6.07) is 0. The lowest BCUT2D eigenvalue weighted by atomic mass is 10.2. The Morgan fingerprint density at radius 2 is 2.17 bits per heavy atom. The topological polar surface area (TPSA) is 68.4 Å². The van der Waals surface area contributed by atoms with Crippen molar-refractivity contribution in [1.82, 2.24) is 24.2 Å². The van der Waals surface area contributed by atoms with E-state index in [9.17, 15) is 4.79 Å². The monoisotopic (exact) mass is 316 g/mol. The summed E-state index contributed by atoms with van der Waals surface area (Å²) in [6.07, 6.45) is 5.52. The number of rotatable bonds is 3. The maximum atomic E-state index is 12.4. The summed E-state index contributed by atoms with van der Waals surface area (Å²) >= 11 is 0. The van der Waals surface area contributed by atoms with Crippen LogP contribution in [0.15, 0.2) is 18.6 Å². The zero-order valence-corrected chi connectivity index (χ0v) is 13.2. The molecule has 0 N–H and O–H groups in total. The van der Waals surface area contributed by atoms with Crippen LogP contribution in [0.5, 0.6) is 0 Å². The number of hydrogen-bond acceptors (Lipinski definition) is 5. The van der Waals surface area contributed by atoms with Crippen LogP contribution in [0.1, 0.15) is 11.5 Å². The molecule has 23 heavy (non-hydrogen) atoms. The Bertz CT molecular complexity index is 721. The van der Waals surface area contributed by atoms with E-state index < -0.39 is 0 Å². The number of carbonyl (C=O) groups is 1. The molecule has 0 aromatic carbocycles. The van der Waals surface area contributed by atoms with Crippen molar-refractivity contribution in [2.75, 3.05) is 31.1 Å². The summed E-state index contributed by atoms with van der Waals surface area (Å²) in [4.78, 5) is 20.8. The third-order valence-corrected chi connectivity index (χ3v) is 4.40. The zero-order valence-electron chi connectivity index (χ0n) is 13.2. The highest BCUT2D eigenvalue weighted by atomic mass is 16.5. The highest BCUT2D eigenvalue weighted by Crippen LogP contribution is 2.18. The molecule has 8 nitrogen and oxygen atoms in total. The molecule has 122 valence electrons. The predicted molar refractivity (Wildman–Crippen MR) is 82.7 cm³/mol. The van der Waals surface area contributed by atoms with E-state index in [-0.39, 0.29) is 5.91 Å². The molecule has 1 amide bonds. The average Bonchev–Trinajstić information content (AvgIpc) is 3.15. The summed E-state index contributed by atoms with van der Waals surface area (Å²) in [6.45, 7) is 4.85. The Kier molecular flexibility index (Phi) is 3.62. The van der Waals surface area contributed by atoms with E-state index in [1.54, 1.807) is 10.9 Å². The molecule has 8 heteroatoms. The summed E-state index contributed by atoms with van der Waals surface area (Å²) < 4.78 is 9.34. The van der Waals surface area contributed by atoms with E-state index in [1.807, 2.05) is 24.3 Å². The molecular weight excluding hydrogens is 296 g/mol. The van der Waals surface area contributed by atoms with Crippen molar-refractivity contribution < 1.29 is 9.53 Å². The molecule has 0 unspecified atom stereocenters. The van der Waals surface area contributed by atoms with Gasteiger partial charge in [-0.3, -0.25) is 14.4 Å². The quantitative estimate of drug-likeness (QED) is 0.797. The molecule has 0 aliphatic carbocycles. The number of aromatic nitrogens is 4. The van der Waals surface area contributed by atoms with Crippen LogP contribution in [-0.2, 0) is 36.3 Å². The zero-order chi connectivity index (χ0) is 15.8. The number of anilines is 1. The second kappa shape index (κ2) is 5.78. The normalized spacial score (nSPS) is 19.2. The van der Waals surface area contributed by atoms with Crippen LogP contribution in [-0.4, -0.2) is 56.4 Å². The van der Waals surface area contributed by atoms with Crippen LogP contribution in [0, 0.1) is 0 Å². The lowest BCUT2D eigenvalue weighted by Crippen LogP contribution is -2.50. The number of aryl methyl sites for hydroxylation is 1. The van der Waals surface area contributed by atoms with Crippen LogP contribution < -0.4 is 4.90 Å². The molecule has 1 saturated heterocycles. The minimum absolute atomic E-state index is 0.117. The van der Waals surface area contributed by atoms with Gasteiger partial charge in [0.05, 0.1) is 30.7 Å². The van der Waals surface area contributed by atoms with Crippen molar-refractivity contribution in [1.29, 1.82) is 0 Å². The maximum Gasteiger partial charge on any atom is 0.241 e. The van der Waals surface area contributed by atoms with Crippen LogP contribution in [0.25, 0.3) is 0 Å². The lowest BCUT2D eigenvalue weighted by Gasteiger charge is -2.33. The van der Waals surface area contributed by atoms with Gasteiger partial charge in [-0.15, -0.1) is 0 Å². The van der Waals surface area contributed by atoms with E-state index >= 15 is 0 Å². The van der Waals surface area contributed by atoms with Crippen molar-refractivity contribution in [3.05, 3.63) is 30.1 Å². The molecule has 2 aromatic rings. The van der Waals surface area contributed by atoms with E-state index in [0.717, 1.165) is 43.4 Å². The number of piperazine rings is 1. The van der Waals surface area contributed by atoms with Crippen molar-refractivity contribution >= 4 is 11.6 Å². The number of imidazole rings is 1. The van der Waals surface area contributed by atoms with Crippen LogP contribution in [0.2, 0.25) is 0 Å². The molecule has 2 aliphatic rings. The predicted octanol–water partition coefficient (Wildman–Crippen LogP) is -0.00440. The van der Waals surface area contributed by atoms with Crippen molar-refractivity contribution in [3.63, 3.8) is 0 Å². The van der Waals surface area contributed by atoms with Gasteiger partial charge < -0.3 is 14.2 Å². The fraction of sp³-hybridized carbons (Fsp3) is 0.533. The second-order valence-corrected chi connectivity index (χ2v) is 6.00. The maximum absolute atomic E-state index is 12.4. The minimum Gasteiger partial charge on any atom is -0.372 e. The van der Waals surface area contributed by atoms with E-state index in [1.165, 1.54) is 0 Å². The van der Waals surface area contributed by atoms with Gasteiger partial charge in [0.1, 0.15) is 12.4 Å². The Balaban J connectivity index is 1.43. The van der Waals surface area contributed by atoms with Crippen LogP contribution in [0.4, 0.5) is 5.69 Å². The summed E-state index contributed by atoms with van der Waals surface area (Å²) in [7, 11) is 1.86. The standard InChI is InChI=1S/C15H20N6O2/c1-18-8-13(7-17-18)21-3-2-19(10-15(21)22)9-12-6-16-14-11-23-5-4-20(12)14/h6-8H,2-5,9-11H2,1H3. The number of fused-ring (bicyclic) bond motifs is 1. The largest absolute Gasteiger partial charge is 0.372 e. The molecule has 0 bridgehead atoms. The Hall–Kier alpha value is -2.19. The number of carbonyl (C=O) groups excluding carboxylic acids is 1. The lowest BCUT2D eigenvalue weighted by molar-refractivity contribution is -0.121. The first kappa shape index (κ1) is 14.4. The van der Waals surface area contributed by atoms with Crippen molar-refractivity contribution in [3.8, 4) is 0 Å². The van der Waals surface area contributed by atoms with Gasteiger partial charge in [-0.1, -0.05) is 0 Å². The van der Waals surface area contributed by atoms with Gasteiger partial charge in [0, 0.05) is 45.6 Å². The first-order valence-electron chi connectivity index (χ1n) is 7.83. The Morgan fingerprint density at radius 1 is 1.26 bits per heavy atom. The van der Waals surface area contributed by atoms with Gasteiger partial charge in [-0.2, -0.15) is 5.10 Å². The Morgan fingerprint density at radius 3 is 2.96 bits per heavy atom. The third kappa shape index (κ3) is 2.75. The number of nitrogens with zero attached hydrogens (tertiary/aromatic N) is 6. The minimum atomic E-state index is 0.117. The molecule has 0 atom stereocenters. The molecule has 2 aliphatic heterocycles. The molecular formula is C15H20N6O2. The fourth-order valence-electron chi connectivity index (χ4n) is 3.19. The van der Waals surface area contributed by atoms with Crippen molar-refractivity contribution in [2.45, 2.75) is 19.7 Å². The molecule has 1 fully saturated rings. The van der Waals surface area contributed by atoms with Crippen LogP contribution in [0.3, 0.4) is 0 Å². The van der Waals surface area contributed by atoms with Crippen LogP contribution >= 0.6 is 0 Å². The van der Waals surface area contributed by atoms with E-state index in [0.29, 0.717) is 19.7 Å². The molecule has 0 radical (unpaired) electrons. The smallest absolute Gasteiger partial charge is 0.241 e. The summed E-state index contributed by atoms with van der Waals surface area (Å²) in [5.74, 6) is 1.09. The second-order valence-electron chi connectivity index (χ2n) is 6.00. The van der Waals surface area contributed by atoms with E-state index in [2.05, 4.69) is 19.5 Å². The number of amides is 1. The highest BCUT2D eigenvalue weighted by Gasteiger charge is 2.27. The average molecular weight is 316 g/mol. The first-order valence-corrected chi connectivity index (χ1v) is 7.83. The van der Waals surface area contributed by atoms with Gasteiger partial charge in [0.15, 0.2) is 0 Å².